The van der Waals surface area contributed by atoms with E-state index in [4.69, 9.17) is 15.6 Å². The van der Waals surface area contributed by atoms with Gasteiger partial charge in [-0.15, -0.1) is 0 Å². The van der Waals surface area contributed by atoms with E-state index in [0.29, 0.717) is 34.7 Å². The number of rotatable bonds is 6. The second-order valence-electron chi connectivity index (χ2n) is 5.54. The second-order valence-corrected chi connectivity index (χ2v) is 5.54. The van der Waals surface area contributed by atoms with Crippen LogP contribution in [-0.2, 0) is 4.79 Å². The van der Waals surface area contributed by atoms with Crippen molar-refractivity contribution in [2.75, 3.05) is 6.61 Å². The number of aromatic nitrogens is 2. The first kappa shape index (κ1) is 16.7. The number of nitrogens with two attached hydrogens (primary N) is 1. The first-order chi connectivity index (χ1) is 12.0. The number of fused-ring (bicyclic) bond motifs is 1. The molecule has 3 rings (SSSR count). The number of nitrogens with one attached hydrogen (secondary N) is 2. The van der Waals surface area contributed by atoms with Crippen LogP contribution in [0.1, 0.15) is 18.9 Å². The van der Waals surface area contributed by atoms with E-state index < -0.39 is 12.0 Å². The van der Waals surface area contributed by atoms with Gasteiger partial charge in [-0.2, -0.15) is 0 Å². The third-order valence-corrected chi connectivity index (χ3v) is 3.87. The lowest BCUT2D eigenvalue weighted by Crippen LogP contribution is -2.32. The lowest BCUT2D eigenvalue weighted by molar-refractivity contribution is -0.138. The number of aromatic amines is 2. The van der Waals surface area contributed by atoms with Crippen LogP contribution >= 0.6 is 0 Å². The summed E-state index contributed by atoms with van der Waals surface area (Å²) < 4.78 is 5.40. The van der Waals surface area contributed by atoms with E-state index >= 15 is 0 Å². The Morgan fingerprint density at radius 3 is 2.88 bits per heavy atom. The molecule has 130 valence electrons. The van der Waals surface area contributed by atoms with E-state index in [0.717, 1.165) is 5.22 Å². The number of benzene rings is 1. The van der Waals surface area contributed by atoms with Gasteiger partial charge in [0.05, 0.1) is 17.7 Å². The summed E-state index contributed by atoms with van der Waals surface area (Å²) in [6, 6.07) is 6.31. The van der Waals surface area contributed by atoms with Crippen LogP contribution in [-0.4, -0.2) is 33.9 Å². The molecule has 0 saturated heterocycles. The quantitative estimate of drug-likeness (QED) is 0.573. The lowest BCUT2D eigenvalue weighted by atomic mass is 10.0. The fourth-order valence-electron chi connectivity index (χ4n) is 2.68. The SMILES string of the molecule is CCOc1[nH][nH]c(=O)c1C=C1N=c2ccccc2=C1CC(N)C(=O)O. The van der Waals surface area contributed by atoms with Crippen LogP contribution in [0, 0.1) is 0 Å². The van der Waals surface area contributed by atoms with Crippen molar-refractivity contribution in [1.29, 1.82) is 0 Å². The van der Waals surface area contributed by atoms with Crippen LogP contribution in [0.25, 0.3) is 11.6 Å². The number of H-pyrrole nitrogens is 2. The van der Waals surface area contributed by atoms with Crippen molar-refractivity contribution in [1.82, 2.24) is 10.2 Å². The molecule has 1 aromatic carbocycles. The smallest absolute Gasteiger partial charge is 0.320 e. The predicted molar refractivity (Wildman–Crippen MR) is 91.4 cm³/mol. The summed E-state index contributed by atoms with van der Waals surface area (Å²) in [6.07, 6.45) is 1.69. The number of hydrogen-bond donors (Lipinski definition) is 4. The Morgan fingerprint density at radius 1 is 1.40 bits per heavy atom. The molecule has 8 nitrogen and oxygen atoms in total. The highest BCUT2D eigenvalue weighted by molar-refractivity contribution is 5.81. The zero-order valence-electron chi connectivity index (χ0n) is 13.6. The Morgan fingerprint density at radius 2 is 2.16 bits per heavy atom. The maximum atomic E-state index is 12.0. The van der Waals surface area contributed by atoms with Gasteiger partial charge in [0.15, 0.2) is 0 Å². The van der Waals surface area contributed by atoms with E-state index in [9.17, 15) is 9.59 Å². The first-order valence-electron chi connectivity index (χ1n) is 7.82. The van der Waals surface area contributed by atoms with Gasteiger partial charge in [-0.1, -0.05) is 18.2 Å². The third-order valence-electron chi connectivity index (χ3n) is 3.87. The molecular weight excluding hydrogens is 324 g/mol. The molecule has 25 heavy (non-hydrogen) atoms. The Hall–Kier alpha value is -3.13. The average molecular weight is 342 g/mol. The summed E-state index contributed by atoms with van der Waals surface area (Å²) in [7, 11) is 0. The Labute approximate surface area is 142 Å². The summed E-state index contributed by atoms with van der Waals surface area (Å²) in [5.41, 5.74) is 6.86. The van der Waals surface area contributed by atoms with E-state index in [-0.39, 0.29) is 12.0 Å². The van der Waals surface area contributed by atoms with Gasteiger partial charge in [-0.05, 0) is 24.6 Å². The highest BCUT2D eigenvalue weighted by Gasteiger charge is 2.21. The molecule has 8 heteroatoms. The van der Waals surface area contributed by atoms with Crippen molar-refractivity contribution < 1.29 is 14.6 Å². The molecule has 0 fully saturated rings. The number of carbonyl (C=O) groups is 1. The number of nitrogens with zero attached hydrogens (tertiary/aromatic N) is 1. The van der Waals surface area contributed by atoms with Gasteiger partial charge in [0.2, 0.25) is 5.88 Å². The minimum absolute atomic E-state index is 0.105. The highest BCUT2D eigenvalue weighted by atomic mass is 16.5. The minimum Gasteiger partial charge on any atom is -0.480 e. The zero-order valence-corrected chi connectivity index (χ0v) is 13.6. The Kier molecular flexibility index (Phi) is 4.53. The van der Waals surface area contributed by atoms with Crippen molar-refractivity contribution in [3.8, 4) is 5.88 Å². The van der Waals surface area contributed by atoms with Gasteiger partial charge >= 0.3 is 5.97 Å². The molecule has 0 amide bonds. The largest absolute Gasteiger partial charge is 0.480 e. The van der Waals surface area contributed by atoms with Crippen LogP contribution < -0.4 is 26.6 Å². The number of carboxylic acid groups (broad SMARTS) is 1. The average Bonchev–Trinajstić information content (AvgIpc) is 3.10. The first-order valence-corrected chi connectivity index (χ1v) is 7.82. The van der Waals surface area contributed by atoms with Gasteiger partial charge in [0.1, 0.15) is 11.6 Å². The molecule has 2 heterocycles. The van der Waals surface area contributed by atoms with Gasteiger partial charge in [-0.25, -0.2) is 4.99 Å². The number of hydrogen-bond acceptors (Lipinski definition) is 5. The number of para-hydroxylation sites is 1. The van der Waals surface area contributed by atoms with Crippen LogP contribution in [0.2, 0.25) is 0 Å². The van der Waals surface area contributed by atoms with Crippen molar-refractivity contribution in [2.45, 2.75) is 19.4 Å². The number of allylic oxidation sites excluding steroid dienone is 1. The van der Waals surface area contributed by atoms with Gasteiger partial charge < -0.3 is 15.6 Å². The third kappa shape index (κ3) is 3.24. The molecule has 0 saturated carbocycles. The monoisotopic (exact) mass is 342 g/mol. The molecule has 5 N–H and O–H groups in total. The fraction of sp³-hybridized carbons (Fsp3) is 0.235. The topological polar surface area (TPSA) is 134 Å². The summed E-state index contributed by atoms with van der Waals surface area (Å²) in [4.78, 5) is 27.7. The van der Waals surface area contributed by atoms with E-state index in [2.05, 4.69) is 15.2 Å². The zero-order chi connectivity index (χ0) is 18.0. The normalized spacial score (nSPS) is 15.8. The summed E-state index contributed by atoms with van der Waals surface area (Å²) >= 11 is 0. The maximum absolute atomic E-state index is 12.0. The van der Waals surface area contributed by atoms with E-state index in [1.165, 1.54) is 0 Å². The molecular formula is C17H18N4O4. The van der Waals surface area contributed by atoms with Gasteiger partial charge in [0, 0.05) is 11.6 Å². The lowest BCUT2D eigenvalue weighted by Gasteiger charge is -2.09. The van der Waals surface area contributed by atoms with Gasteiger partial charge in [-0.3, -0.25) is 19.8 Å². The summed E-state index contributed by atoms with van der Waals surface area (Å²) in [5, 5.41) is 15.8. The summed E-state index contributed by atoms with van der Waals surface area (Å²) in [6.45, 7) is 2.20. The molecule has 1 aromatic heterocycles. The molecule has 0 bridgehead atoms. The van der Waals surface area contributed by atoms with Crippen LogP contribution in [0.3, 0.4) is 0 Å². The molecule has 0 aliphatic carbocycles. The highest BCUT2D eigenvalue weighted by Crippen LogP contribution is 2.24. The standard InChI is InChI=1S/C17H18N4O4/c1-2-25-16-11(15(22)20-21-16)8-14-10(7-12(18)17(23)24)9-5-3-4-6-13(9)19-14/h3-6,8,12H,2,7,18H2,1H3,(H,23,24)(H2,20,21,22). The Bertz CT molecular complexity index is 1020. The number of aliphatic carboxylic acids is 1. The van der Waals surface area contributed by atoms with Gasteiger partial charge in [0.25, 0.3) is 5.56 Å². The molecule has 1 atom stereocenters. The molecule has 1 aliphatic rings. The van der Waals surface area contributed by atoms with Crippen LogP contribution in [0.15, 0.2) is 39.7 Å². The Balaban J connectivity index is 2.13. The number of ether oxygens (including phenoxy) is 1. The second kappa shape index (κ2) is 6.78. The van der Waals surface area contributed by atoms with E-state index in [1.807, 2.05) is 31.2 Å². The molecule has 1 aliphatic heterocycles. The van der Waals surface area contributed by atoms with Crippen LogP contribution in [0.5, 0.6) is 5.88 Å². The van der Waals surface area contributed by atoms with Crippen LogP contribution in [0.4, 0.5) is 0 Å². The molecule has 0 spiro atoms. The van der Waals surface area contributed by atoms with Crippen molar-refractivity contribution in [3.05, 3.63) is 56.5 Å². The molecule has 2 aromatic rings. The van der Waals surface area contributed by atoms with E-state index in [1.54, 1.807) is 6.08 Å². The maximum Gasteiger partial charge on any atom is 0.320 e. The summed E-state index contributed by atoms with van der Waals surface area (Å²) in [5.74, 6) is -0.779. The predicted octanol–water partition coefficient (Wildman–Crippen LogP) is -0.271. The van der Waals surface area contributed by atoms with Crippen molar-refractivity contribution in [2.24, 2.45) is 10.7 Å². The molecule has 1 unspecified atom stereocenters. The number of carboxylic acids is 1. The minimum atomic E-state index is -1.09. The molecule has 0 radical (unpaired) electrons. The fourth-order valence-corrected chi connectivity index (χ4v) is 2.68. The van der Waals surface area contributed by atoms with Crippen molar-refractivity contribution in [3.63, 3.8) is 0 Å². The van der Waals surface area contributed by atoms with Crippen molar-refractivity contribution >= 4 is 17.6 Å².